The Morgan fingerprint density at radius 3 is 2.71 bits per heavy atom. The Balaban J connectivity index is 1.88. The average Bonchev–Trinajstić information content (AvgIpc) is 3.31. The van der Waals surface area contributed by atoms with Crippen LogP contribution in [0.5, 0.6) is 5.75 Å². The molecule has 0 aliphatic heterocycles. The van der Waals surface area contributed by atoms with E-state index in [1.165, 1.54) is 17.7 Å². The van der Waals surface area contributed by atoms with Crippen LogP contribution in [-0.2, 0) is 22.5 Å². The average molecular weight is 463 g/mol. The largest absolute Gasteiger partial charge is 0.507 e. The van der Waals surface area contributed by atoms with Gasteiger partial charge >= 0.3 is 5.97 Å². The van der Waals surface area contributed by atoms with Gasteiger partial charge in [0.25, 0.3) is 11.1 Å². The summed E-state index contributed by atoms with van der Waals surface area (Å²) in [6.45, 7) is 3.98. The summed E-state index contributed by atoms with van der Waals surface area (Å²) in [7, 11) is 1.24. The highest BCUT2D eigenvalue weighted by Crippen LogP contribution is 2.32. The van der Waals surface area contributed by atoms with Gasteiger partial charge in [0, 0.05) is 47.5 Å². The zero-order chi connectivity index (χ0) is 24.4. The Morgan fingerprint density at radius 2 is 2.00 bits per heavy atom. The maximum absolute atomic E-state index is 13.6. The van der Waals surface area contributed by atoms with Gasteiger partial charge in [-0.2, -0.15) is 0 Å². The maximum atomic E-state index is 13.6. The first kappa shape index (κ1) is 23.0. The molecule has 0 amide bonds. The summed E-state index contributed by atoms with van der Waals surface area (Å²) >= 11 is 0. The molecule has 34 heavy (non-hydrogen) atoms. The van der Waals surface area contributed by atoms with Crippen molar-refractivity contribution in [3.05, 3.63) is 91.6 Å². The molecule has 0 aliphatic carbocycles. The van der Waals surface area contributed by atoms with Crippen molar-refractivity contribution in [2.75, 3.05) is 7.11 Å². The molecule has 4 aromatic rings. The molecule has 3 aromatic heterocycles. The van der Waals surface area contributed by atoms with Crippen LogP contribution in [0, 0.1) is 13.8 Å². The van der Waals surface area contributed by atoms with E-state index in [1.807, 2.05) is 19.1 Å². The highest BCUT2D eigenvalue weighted by molar-refractivity contribution is 5.80. The fourth-order valence-electron chi connectivity index (χ4n) is 4.25. The summed E-state index contributed by atoms with van der Waals surface area (Å²) in [4.78, 5) is 48.8. The third-order valence-electron chi connectivity index (χ3n) is 6.03. The van der Waals surface area contributed by atoms with Crippen molar-refractivity contribution < 1.29 is 14.6 Å². The second kappa shape index (κ2) is 9.38. The predicted molar refractivity (Wildman–Crippen MR) is 127 cm³/mol. The summed E-state index contributed by atoms with van der Waals surface area (Å²) < 4.78 is 6.37. The van der Waals surface area contributed by atoms with Crippen molar-refractivity contribution in [3.8, 4) is 5.75 Å². The first-order valence-corrected chi connectivity index (χ1v) is 10.9. The van der Waals surface area contributed by atoms with E-state index in [2.05, 4.69) is 15.0 Å². The van der Waals surface area contributed by atoms with Gasteiger partial charge in [-0.25, -0.2) is 4.98 Å². The number of methoxy groups -OCH3 is 1. The minimum Gasteiger partial charge on any atom is -0.507 e. The lowest BCUT2D eigenvalue weighted by molar-refractivity contribution is -0.140. The number of aromatic amines is 2. The van der Waals surface area contributed by atoms with Gasteiger partial charge in [-0.15, -0.1) is 0 Å². The third-order valence-corrected chi connectivity index (χ3v) is 6.03. The van der Waals surface area contributed by atoms with Crippen LogP contribution >= 0.6 is 0 Å². The zero-order valence-electron chi connectivity index (χ0n) is 19.2. The van der Waals surface area contributed by atoms with Gasteiger partial charge in [0.2, 0.25) is 0 Å². The highest BCUT2D eigenvalue weighted by atomic mass is 16.5. The minimum absolute atomic E-state index is 0.0156. The smallest absolute Gasteiger partial charge is 0.306 e. The number of esters is 1. The first-order valence-electron chi connectivity index (χ1n) is 10.9. The van der Waals surface area contributed by atoms with Crippen LogP contribution in [0.2, 0.25) is 0 Å². The number of hydrogen-bond donors (Lipinski definition) is 3. The number of aromatic nitrogens is 4. The summed E-state index contributed by atoms with van der Waals surface area (Å²) in [6, 6.07) is 8.74. The molecule has 3 N–H and O–H groups in total. The van der Waals surface area contributed by atoms with Crippen molar-refractivity contribution >= 4 is 16.9 Å². The number of aromatic hydroxyl groups is 1. The second-order valence-electron chi connectivity index (χ2n) is 8.35. The molecule has 0 radical (unpaired) electrons. The fraction of sp³-hybridized carbons (Fsp3) is 0.280. The normalized spacial score (nSPS) is 12.1. The van der Waals surface area contributed by atoms with Gasteiger partial charge in [-0.3, -0.25) is 14.4 Å². The molecule has 1 atom stereocenters. The van der Waals surface area contributed by atoms with Gasteiger partial charge in [-0.1, -0.05) is 11.6 Å². The number of hydrogen-bond acceptors (Lipinski definition) is 6. The van der Waals surface area contributed by atoms with Crippen molar-refractivity contribution in [1.29, 1.82) is 0 Å². The van der Waals surface area contributed by atoms with Crippen molar-refractivity contribution in [2.45, 2.75) is 39.2 Å². The van der Waals surface area contributed by atoms with Gasteiger partial charge in [0.05, 0.1) is 25.4 Å². The topological polar surface area (TPSA) is 130 Å². The Labute approximate surface area is 195 Å². The van der Waals surface area contributed by atoms with Crippen LogP contribution in [0.25, 0.3) is 10.9 Å². The first-order chi connectivity index (χ1) is 16.3. The quantitative estimate of drug-likeness (QED) is 0.362. The van der Waals surface area contributed by atoms with E-state index in [0.717, 1.165) is 16.6 Å². The molecule has 4 rings (SSSR count). The van der Waals surface area contributed by atoms with Crippen molar-refractivity contribution in [3.63, 3.8) is 0 Å². The molecule has 0 bridgehead atoms. The van der Waals surface area contributed by atoms with Crippen LogP contribution in [0.3, 0.4) is 0 Å². The molecule has 0 saturated heterocycles. The number of aryl methyl sites for hydroxylation is 3. The third kappa shape index (κ3) is 4.50. The molecular weight excluding hydrogens is 436 g/mol. The maximum Gasteiger partial charge on any atom is 0.306 e. The van der Waals surface area contributed by atoms with E-state index in [9.17, 15) is 19.5 Å². The van der Waals surface area contributed by atoms with Crippen molar-refractivity contribution in [1.82, 2.24) is 19.5 Å². The lowest BCUT2D eigenvalue weighted by Crippen LogP contribution is -2.31. The van der Waals surface area contributed by atoms with E-state index in [-0.39, 0.29) is 23.3 Å². The number of H-pyrrole nitrogens is 2. The number of carbonyl (C=O) groups excluding carboxylic acids is 1. The Kier molecular flexibility index (Phi) is 6.36. The molecule has 9 heteroatoms. The van der Waals surface area contributed by atoms with E-state index < -0.39 is 23.0 Å². The van der Waals surface area contributed by atoms with Gasteiger partial charge in [0.1, 0.15) is 5.75 Å². The Bertz CT molecular complexity index is 1470. The number of pyridine rings is 2. The summed E-state index contributed by atoms with van der Waals surface area (Å²) in [5, 5.41) is 11.6. The van der Waals surface area contributed by atoms with Crippen LogP contribution in [0.4, 0.5) is 0 Å². The standard InChI is InChI=1S/C25H26N4O5/c1-14-4-5-20-16(8-14)10-19(24(32)28-20)18(11-22(31)34-3)23-21(30)9-15(2)29(25(23)33)7-6-17-12-26-13-27-17/h4-5,8-10,12-13,18,30H,6-7,11H2,1-3H3,(H,26,27)(H,28,32). The number of fused-ring (bicyclic) bond motifs is 1. The number of nitrogens with zero attached hydrogens (tertiary/aromatic N) is 2. The predicted octanol–water partition coefficient (Wildman–Crippen LogP) is 2.67. The molecular formula is C25H26N4O5. The Hall–Kier alpha value is -4.14. The SMILES string of the molecule is COC(=O)CC(c1cc2cc(C)ccc2[nH]c1=O)c1c(O)cc(C)n(CCc2cnc[nH]2)c1=O. The minimum atomic E-state index is -0.993. The van der Waals surface area contributed by atoms with E-state index in [4.69, 9.17) is 4.74 Å². The van der Waals surface area contributed by atoms with Gasteiger partial charge in [-0.05, 0) is 43.5 Å². The molecule has 0 spiro atoms. The van der Waals surface area contributed by atoms with Gasteiger partial charge < -0.3 is 24.4 Å². The highest BCUT2D eigenvalue weighted by Gasteiger charge is 2.29. The molecule has 1 aromatic carbocycles. The summed E-state index contributed by atoms with van der Waals surface area (Å²) in [5.41, 5.74) is 2.34. The lowest BCUT2D eigenvalue weighted by Gasteiger charge is -2.20. The van der Waals surface area contributed by atoms with Crippen LogP contribution in [-0.4, -0.2) is 37.7 Å². The number of nitrogens with one attached hydrogen (secondary N) is 2. The molecule has 176 valence electrons. The molecule has 0 aliphatic rings. The van der Waals surface area contributed by atoms with Crippen LogP contribution < -0.4 is 11.1 Å². The molecule has 0 saturated carbocycles. The number of carbonyl (C=O) groups is 1. The fourth-order valence-corrected chi connectivity index (χ4v) is 4.25. The second-order valence-corrected chi connectivity index (χ2v) is 8.35. The van der Waals surface area contributed by atoms with Crippen molar-refractivity contribution in [2.24, 2.45) is 0 Å². The number of ether oxygens (including phenoxy) is 1. The van der Waals surface area contributed by atoms with E-state index in [0.29, 0.717) is 24.2 Å². The Morgan fingerprint density at radius 1 is 1.21 bits per heavy atom. The van der Waals surface area contributed by atoms with E-state index >= 15 is 0 Å². The molecule has 0 fully saturated rings. The monoisotopic (exact) mass is 462 g/mol. The van der Waals surface area contributed by atoms with E-state index in [1.54, 1.807) is 31.6 Å². The number of imidazole rings is 1. The van der Waals surface area contributed by atoms with Crippen LogP contribution in [0.15, 0.2) is 52.4 Å². The molecule has 9 nitrogen and oxygen atoms in total. The van der Waals surface area contributed by atoms with Crippen LogP contribution in [0.1, 0.15) is 40.4 Å². The summed E-state index contributed by atoms with van der Waals surface area (Å²) in [6.07, 6.45) is 3.48. The molecule has 1 unspecified atom stereocenters. The summed E-state index contributed by atoms with van der Waals surface area (Å²) in [5.74, 6) is -1.86. The number of rotatable bonds is 7. The lowest BCUT2D eigenvalue weighted by atomic mass is 9.88. The molecule has 3 heterocycles. The zero-order valence-corrected chi connectivity index (χ0v) is 19.2. The number of benzene rings is 1. The van der Waals surface area contributed by atoms with Gasteiger partial charge in [0.15, 0.2) is 0 Å².